The molecule has 2 aromatic heterocycles. The molecule has 0 radical (unpaired) electrons. The standard InChI is InChI=1S/C14H21N5O/c1-11(2)9-19-13(17-10-18-19)8-15-7-12-5-4-6-16-14(12)20-3/h4-6,10-11,15H,7-9H2,1-3H3. The Labute approximate surface area is 119 Å². The molecular weight excluding hydrogens is 254 g/mol. The van der Waals surface area contributed by atoms with E-state index in [0.717, 1.165) is 17.9 Å². The van der Waals surface area contributed by atoms with Crippen LogP contribution in [0, 0.1) is 5.92 Å². The molecule has 0 unspecified atom stereocenters. The van der Waals surface area contributed by atoms with Gasteiger partial charge in [-0.15, -0.1) is 0 Å². The molecule has 0 aliphatic carbocycles. The largest absolute Gasteiger partial charge is 0.481 e. The lowest BCUT2D eigenvalue weighted by Crippen LogP contribution is -2.19. The summed E-state index contributed by atoms with van der Waals surface area (Å²) in [4.78, 5) is 8.46. The quantitative estimate of drug-likeness (QED) is 0.832. The molecule has 0 saturated heterocycles. The fourth-order valence-corrected chi connectivity index (χ4v) is 1.97. The number of pyridine rings is 1. The van der Waals surface area contributed by atoms with Crippen molar-refractivity contribution in [2.24, 2.45) is 5.92 Å². The fraction of sp³-hybridized carbons (Fsp3) is 0.500. The Kier molecular flexibility index (Phi) is 5.06. The summed E-state index contributed by atoms with van der Waals surface area (Å²) in [6, 6.07) is 3.90. The van der Waals surface area contributed by atoms with Gasteiger partial charge in [-0.05, 0) is 12.0 Å². The van der Waals surface area contributed by atoms with Gasteiger partial charge in [0.05, 0.1) is 13.7 Å². The number of methoxy groups -OCH3 is 1. The van der Waals surface area contributed by atoms with Crippen molar-refractivity contribution in [1.82, 2.24) is 25.1 Å². The first kappa shape index (κ1) is 14.5. The highest BCUT2D eigenvalue weighted by molar-refractivity contribution is 5.24. The molecule has 1 N–H and O–H groups in total. The summed E-state index contributed by atoms with van der Waals surface area (Å²) in [7, 11) is 1.63. The van der Waals surface area contributed by atoms with Crippen molar-refractivity contribution >= 4 is 0 Å². The van der Waals surface area contributed by atoms with Crippen molar-refractivity contribution in [3.05, 3.63) is 36.0 Å². The van der Waals surface area contributed by atoms with Crippen molar-refractivity contribution in [1.29, 1.82) is 0 Å². The predicted octanol–water partition coefficient (Wildman–Crippen LogP) is 1.63. The molecule has 0 fully saturated rings. The van der Waals surface area contributed by atoms with Gasteiger partial charge in [-0.25, -0.2) is 14.6 Å². The van der Waals surface area contributed by atoms with Gasteiger partial charge in [0.25, 0.3) is 0 Å². The van der Waals surface area contributed by atoms with Crippen LogP contribution in [0.1, 0.15) is 25.2 Å². The first-order valence-corrected chi connectivity index (χ1v) is 6.76. The van der Waals surface area contributed by atoms with Crippen molar-refractivity contribution in [3.63, 3.8) is 0 Å². The lowest BCUT2D eigenvalue weighted by atomic mass is 10.2. The molecule has 2 rings (SSSR count). The highest BCUT2D eigenvalue weighted by Gasteiger charge is 2.07. The van der Waals surface area contributed by atoms with Crippen LogP contribution in [0.5, 0.6) is 5.88 Å². The van der Waals surface area contributed by atoms with E-state index in [1.165, 1.54) is 0 Å². The lowest BCUT2D eigenvalue weighted by molar-refractivity contribution is 0.390. The zero-order chi connectivity index (χ0) is 14.4. The lowest BCUT2D eigenvalue weighted by Gasteiger charge is -2.10. The van der Waals surface area contributed by atoms with Crippen molar-refractivity contribution in [2.75, 3.05) is 7.11 Å². The van der Waals surface area contributed by atoms with Crippen LogP contribution in [0.4, 0.5) is 0 Å². The van der Waals surface area contributed by atoms with Crippen LogP contribution in [-0.2, 0) is 19.6 Å². The maximum absolute atomic E-state index is 5.23. The summed E-state index contributed by atoms with van der Waals surface area (Å²) in [5, 5.41) is 7.59. The Bertz CT molecular complexity index is 538. The fourth-order valence-electron chi connectivity index (χ4n) is 1.97. The van der Waals surface area contributed by atoms with Crippen LogP contribution in [0.15, 0.2) is 24.7 Å². The van der Waals surface area contributed by atoms with Crippen molar-refractivity contribution in [3.8, 4) is 5.88 Å². The van der Waals surface area contributed by atoms with Crippen LogP contribution in [0.3, 0.4) is 0 Å². The molecule has 0 aliphatic heterocycles. The van der Waals surface area contributed by atoms with Crippen molar-refractivity contribution in [2.45, 2.75) is 33.5 Å². The van der Waals surface area contributed by atoms with Crippen LogP contribution in [0.25, 0.3) is 0 Å². The molecule has 2 aromatic rings. The van der Waals surface area contributed by atoms with Crippen LogP contribution >= 0.6 is 0 Å². The maximum Gasteiger partial charge on any atom is 0.217 e. The molecule has 0 saturated carbocycles. The first-order valence-electron chi connectivity index (χ1n) is 6.76. The van der Waals surface area contributed by atoms with E-state index in [4.69, 9.17) is 4.74 Å². The van der Waals surface area contributed by atoms with Gasteiger partial charge in [-0.3, -0.25) is 0 Å². The van der Waals surface area contributed by atoms with E-state index in [1.54, 1.807) is 19.6 Å². The number of hydrogen-bond donors (Lipinski definition) is 1. The van der Waals surface area contributed by atoms with Gasteiger partial charge >= 0.3 is 0 Å². The number of nitrogens with one attached hydrogen (secondary N) is 1. The summed E-state index contributed by atoms with van der Waals surface area (Å²) in [6.45, 7) is 6.57. The SMILES string of the molecule is COc1ncccc1CNCc1ncnn1CC(C)C. The highest BCUT2D eigenvalue weighted by atomic mass is 16.5. The number of hydrogen-bond acceptors (Lipinski definition) is 5. The highest BCUT2D eigenvalue weighted by Crippen LogP contribution is 2.13. The van der Waals surface area contributed by atoms with Gasteiger partial charge in [-0.2, -0.15) is 5.10 Å². The van der Waals surface area contributed by atoms with Gasteiger partial charge in [-0.1, -0.05) is 19.9 Å². The monoisotopic (exact) mass is 275 g/mol. The molecule has 0 bridgehead atoms. The molecule has 6 nitrogen and oxygen atoms in total. The second-order valence-electron chi connectivity index (χ2n) is 5.03. The number of nitrogens with zero attached hydrogens (tertiary/aromatic N) is 4. The Hall–Kier alpha value is -1.95. The summed E-state index contributed by atoms with van der Waals surface area (Å²) in [5.74, 6) is 2.15. The average molecular weight is 275 g/mol. The minimum Gasteiger partial charge on any atom is -0.481 e. The second-order valence-corrected chi connectivity index (χ2v) is 5.03. The van der Waals surface area contributed by atoms with Crippen LogP contribution < -0.4 is 10.1 Å². The van der Waals surface area contributed by atoms with Crippen molar-refractivity contribution < 1.29 is 4.74 Å². The molecule has 0 aromatic carbocycles. The van der Waals surface area contributed by atoms with Gasteiger partial charge < -0.3 is 10.1 Å². The third-order valence-electron chi connectivity index (χ3n) is 2.88. The van der Waals surface area contributed by atoms with E-state index in [0.29, 0.717) is 24.9 Å². The summed E-state index contributed by atoms with van der Waals surface area (Å²) in [5.41, 5.74) is 1.03. The average Bonchev–Trinajstić information content (AvgIpc) is 2.86. The smallest absolute Gasteiger partial charge is 0.217 e. The first-order chi connectivity index (χ1) is 9.70. The van der Waals surface area contributed by atoms with Gasteiger partial charge in [0.15, 0.2) is 0 Å². The van der Waals surface area contributed by atoms with E-state index >= 15 is 0 Å². The molecule has 0 amide bonds. The van der Waals surface area contributed by atoms with Gasteiger partial charge in [0.2, 0.25) is 5.88 Å². The van der Waals surface area contributed by atoms with Gasteiger partial charge in [0, 0.05) is 24.8 Å². The molecule has 0 aliphatic rings. The minimum atomic E-state index is 0.550. The Morgan fingerprint density at radius 1 is 1.30 bits per heavy atom. The van der Waals surface area contributed by atoms with E-state index < -0.39 is 0 Å². The van der Waals surface area contributed by atoms with Crippen LogP contribution in [0.2, 0.25) is 0 Å². The third-order valence-corrected chi connectivity index (χ3v) is 2.88. The third kappa shape index (κ3) is 3.77. The zero-order valence-corrected chi connectivity index (χ0v) is 12.2. The normalized spacial score (nSPS) is 11.0. The number of ether oxygens (including phenoxy) is 1. The molecule has 20 heavy (non-hydrogen) atoms. The van der Waals surface area contributed by atoms with Crippen LogP contribution in [-0.4, -0.2) is 26.9 Å². The summed E-state index contributed by atoms with van der Waals surface area (Å²) in [6.07, 6.45) is 3.33. The minimum absolute atomic E-state index is 0.550. The van der Waals surface area contributed by atoms with E-state index in [1.807, 2.05) is 16.8 Å². The second kappa shape index (κ2) is 7.00. The molecule has 108 valence electrons. The number of aromatic nitrogens is 4. The Morgan fingerprint density at radius 3 is 2.90 bits per heavy atom. The maximum atomic E-state index is 5.23. The van der Waals surface area contributed by atoms with E-state index in [9.17, 15) is 0 Å². The van der Waals surface area contributed by atoms with E-state index in [2.05, 4.69) is 34.2 Å². The Morgan fingerprint density at radius 2 is 2.15 bits per heavy atom. The molecular formula is C14H21N5O. The van der Waals surface area contributed by atoms with Gasteiger partial charge in [0.1, 0.15) is 12.2 Å². The molecule has 0 atom stereocenters. The zero-order valence-electron chi connectivity index (χ0n) is 12.2. The molecule has 2 heterocycles. The number of rotatable bonds is 7. The molecule has 6 heteroatoms. The Balaban J connectivity index is 1.91. The summed E-state index contributed by atoms with van der Waals surface area (Å²) < 4.78 is 7.17. The predicted molar refractivity (Wildman–Crippen MR) is 76.2 cm³/mol. The topological polar surface area (TPSA) is 64.9 Å². The molecule has 0 spiro atoms. The summed E-state index contributed by atoms with van der Waals surface area (Å²) >= 11 is 0. The van der Waals surface area contributed by atoms with E-state index in [-0.39, 0.29) is 0 Å².